The predicted octanol–water partition coefficient (Wildman–Crippen LogP) is 7.13. The molecular formula is C42H77ClN4O11. The molecule has 0 aromatic heterocycles. The Morgan fingerprint density at radius 3 is 1.31 bits per heavy atom. The number of carbonyl (C=O) groups excluding carboxylic acids is 5. The van der Waals surface area contributed by atoms with Crippen molar-refractivity contribution in [2.75, 3.05) is 27.3 Å². The number of halogens is 1. The largest absolute Gasteiger partial charge is 0.480 e. The summed E-state index contributed by atoms with van der Waals surface area (Å²) in [7, 11) is 2.75. The fourth-order valence-electron chi connectivity index (χ4n) is 7.84. The maximum Gasteiger partial charge on any atom is 0.408 e. The zero-order chi connectivity index (χ0) is 43.9. The van der Waals surface area contributed by atoms with Crippen molar-refractivity contribution < 1.29 is 52.8 Å². The number of esters is 2. The van der Waals surface area contributed by atoms with Crippen LogP contribution in [0.2, 0.25) is 0 Å². The quantitative estimate of drug-likeness (QED) is 0.139. The number of nitrogens with one attached hydrogen (secondary N) is 2. The molecule has 0 radical (unpaired) electrons. The lowest BCUT2D eigenvalue weighted by Gasteiger charge is -2.37. The van der Waals surface area contributed by atoms with Crippen LogP contribution in [0.3, 0.4) is 0 Å². The molecule has 3 N–H and O–H groups in total. The number of piperidine rings is 2. The van der Waals surface area contributed by atoms with E-state index in [0.29, 0.717) is 18.4 Å². The summed E-state index contributed by atoms with van der Waals surface area (Å²) in [5, 5.41) is 14.1. The molecule has 338 valence electrons. The number of ether oxygens (including phenoxy) is 4. The first-order valence-corrected chi connectivity index (χ1v) is 19.5. The second-order valence-corrected chi connectivity index (χ2v) is 21.1. The van der Waals surface area contributed by atoms with Gasteiger partial charge in [0.25, 0.3) is 0 Å². The van der Waals surface area contributed by atoms with Crippen molar-refractivity contribution in [1.82, 2.24) is 20.0 Å². The van der Waals surface area contributed by atoms with E-state index in [-0.39, 0.29) is 55.4 Å². The maximum absolute atomic E-state index is 13.3. The van der Waals surface area contributed by atoms with E-state index < -0.39 is 64.3 Å². The molecule has 8 atom stereocenters. The van der Waals surface area contributed by atoms with Crippen LogP contribution in [0, 0.1) is 45.3 Å². The molecule has 4 fully saturated rings. The van der Waals surface area contributed by atoms with E-state index in [1.165, 1.54) is 14.2 Å². The van der Waals surface area contributed by atoms with Gasteiger partial charge in [0.15, 0.2) is 0 Å². The lowest BCUT2D eigenvalue weighted by atomic mass is 9.85. The Labute approximate surface area is 353 Å². The minimum absolute atomic E-state index is 0. The smallest absolute Gasteiger partial charge is 0.408 e. The average molecular weight is 850 g/mol. The third kappa shape index (κ3) is 13.3. The fraction of sp³-hybridized carbons (Fsp3) is 0.857. The number of hydrogen-bond acceptors (Lipinski definition) is 11. The molecule has 0 aromatic rings. The van der Waals surface area contributed by atoms with Crippen LogP contribution < -0.4 is 10.6 Å². The van der Waals surface area contributed by atoms with Crippen LogP contribution >= 0.6 is 11.8 Å². The second-order valence-electron chi connectivity index (χ2n) is 20.6. The van der Waals surface area contributed by atoms with E-state index in [9.17, 15) is 28.8 Å². The average Bonchev–Trinajstić information content (AvgIpc) is 3.49. The van der Waals surface area contributed by atoms with E-state index >= 15 is 0 Å². The van der Waals surface area contributed by atoms with E-state index in [0.717, 1.165) is 6.54 Å². The molecule has 3 amide bonds. The van der Waals surface area contributed by atoms with E-state index in [1.807, 2.05) is 20.8 Å². The lowest BCUT2D eigenvalue weighted by Crippen LogP contribution is -2.58. The van der Waals surface area contributed by atoms with E-state index in [2.05, 4.69) is 38.3 Å². The Morgan fingerprint density at radius 1 is 0.638 bits per heavy atom. The van der Waals surface area contributed by atoms with Crippen molar-refractivity contribution >= 4 is 47.8 Å². The van der Waals surface area contributed by atoms with Crippen LogP contribution in [-0.2, 0) is 38.1 Å². The molecule has 4 unspecified atom stereocenters. The highest BCUT2D eigenvalue weighted by Gasteiger charge is 2.70. The highest BCUT2D eigenvalue weighted by atomic mass is 35.5. The number of hydrogen-bond donors (Lipinski definition) is 3. The van der Waals surface area contributed by atoms with Crippen LogP contribution in [0.4, 0.5) is 9.59 Å². The number of carbonyl (C=O) groups is 6. The first-order valence-electron chi connectivity index (χ1n) is 19.1. The Hall–Kier alpha value is -3.33. The van der Waals surface area contributed by atoms with Gasteiger partial charge in [0, 0.05) is 19.0 Å². The molecule has 0 aromatic carbocycles. The third-order valence-corrected chi connectivity index (χ3v) is 11.4. The van der Waals surface area contributed by atoms with Gasteiger partial charge in [-0.05, 0) is 92.7 Å². The standard InChI is InChI=1S/C20H34N2O5.C11H21NO4.C9H14ClNO2.2CH4/c1-18(2,3)14(21-17(25)27-19(4,5)6)15(23)22-10-11-12(20(11,7)8)13(22)16(24)26-9;1-10(2,3)7(8(13)14)12-9(15)16-11(4,5)6;1-9(2)5-4-11(10)7(6(5)9)8(12)13-3;;/h11-14H,10H2,1-9H3,(H,21,25);7H,1-6H3,(H,12,15)(H,13,14);5-7H,4H2,1-3H3;2*1H4/t11?,12?,13-,14+;7-;5?,6?,7-;;/m010../s1. The molecule has 2 heterocycles. The summed E-state index contributed by atoms with van der Waals surface area (Å²) < 4.78 is 21.6. The lowest BCUT2D eigenvalue weighted by molar-refractivity contribution is -0.154. The summed E-state index contributed by atoms with van der Waals surface area (Å²) in [6, 6.07) is -2.61. The van der Waals surface area contributed by atoms with Gasteiger partial charge in [-0.15, -0.1) is 0 Å². The van der Waals surface area contributed by atoms with Gasteiger partial charge in [-0.1, -0.05) is 84.1 Å². The number of nitrogens with zero attached hydrogens (tertiary/aromatic N) is 2. The van der Waals surface area contributed by atoms with E-state index in [1.54, 1.807) is 71.6 Å². The van der Waals surface area contributed by atoms with Crippen molar-refractivity contribution in [3.8, 4) is 0 Å². The third-order valence-electron chi connectivity index (χ3n) is 11.1. The molecule has 2 aliphatic heterocycles. The number of likely N-dealkylation sites (tertiary alicyclic amines) is 1. The summed E-state index contributed by atoms with van der Waals surface area (Å²) >= 11 is 5.94. The van der Waals surface area contributed by atoms with Crippen molar-refractivity contribution in [2.24, 2.45) is 45.3 Å². The molecule has 16 heteroatoms. The minimum Gasteiger partial charge on any atom is -0.480 e. The van der Waals surface area contributed by atoms with Gasteiger partial charge in [0.05, 0.1) is 14.2 Å². The van der Waals surface area contributed by atoms with Crippen molar-refractivity contribution in [2.45, 2.75) is 161 Å². The number of amides is 3. The number of methoxy groups -OCH3 is 2. The molecule has 0 bridgehead atoms. The molecule has 2 saturated heterocycles. The summed E-state index contributed by atoms with van der Waals surface area (Å²) in [5.74, 6) is -0.625. The zero-order valence-corrected chi connectivity index (χ0v) is 37.6. The summed E-state index contributed by atoms with van der Waals surface area (Å²) in [5.41, 5.74) is -2.12. The molecular weight excluding hydrogens is 772 g/mol. The van der Waals surface area contributed by atoms with Gasteiger partial charge < -0.3 is 39.6 Å². The first-order chi connectivity index (χ1) is 25.0. The van der Waals surface area contributed by atoms with Crippen LogP contribution in [0.1, 0.15) is 126 Å². The number of carboxylic acid groups (broad SMARTS) is 1. The van der Waals surface area contributed by atoms with E-state index in [4.69, 9.17) is 35.8 Å². The van der Waals surface area contributed by atoms with Crippen LogP contribution in [0.15, 0.2) is 0 Å². The van der Waals surface area contributed by atoms with Gasteiger partial charge in [-0.2, -0.15) is 0 Å². The normalized spacial score (nSPS) is 25.9. The monoisotopic (exact) mass is 849 g/mol. The van der Waals surface area contributed by atoms with Crippen molar-refractivity contribution in [3.05, 3.63) is 0 Å². The summed E-state index contributed by atoms with van der Waals surface area (Å²) in [4.78, 5) is 73.4. The van der Waals surface area contributed by atoms with Crippen LogP contribution in [0.5, 0.6) is 0 Å². The zero-order valence-electron chi connectivity index (χ0n) is 36.8. The molecule has 15 nitrogen and oxygen atoms in total. The minimum atomic E-state index is -1.07. The number of alkyl carbamates (subject to hydrolysis) is 2. The van der Waals surface area contributed by atoms with Crippen LogP contribution in [-0.4, -0.2) is 113 Å². The molecule has 2 aliphatic carbocycles. The Morgan fingerprint density at radius 2 is 0.983 bits per heavy atom. The van der Waals surface area contributed by atoms with Crippen molar-refractivity contribution in [3.63, 3.8) is 0 Å². The molecule has 4 aliphatic rings. The molecule has 4 rings (SSSR count). The Balaban J connectivity index is 0.000000896. The van der Waals surface area contributed by atoms with Gasteiger partial charge in [-0.25, -0.2) is 23.6 Å². The summed E-state index contributed by atoms with van der Waals surface area (Å²) in [6.07, 6.45) is -1.36. The number of rotatable bonds is 6. The molecule has 2 saturated carbocycles. The predicted molar refractivity (Wildman–Crippen MR) is 224 cm³/mol. The van der Waals surface area contributed by atoms with Gasteiger partial charge >= 0.3 is 30.1 Å². The number of carboxylic acids is 1. The Kier molecular flexibility index (Phi) is 17.8. The highest BCUT2D eigenvalue weighted by molar-refractivity contribution is 6.15. The fourth-order valence-corrected chi connectivity index (χ4v) is 8.19. The molecule has 0 spiro atoms. The van der Waals surface area contributed by atoms with Gasteiger partial charge in [0.2, 0.25) is 5.91 Å². The topological polar surface area (TPSA) is 190 Å². The van der Waals surface area contributed by atoms with Crippen LogP contribution in [0.25, 0.3) is 0 Å². The maximum atomic E-state index is 13.3. The number of fused-ring (bicyclic) bond motifs is 2. The summed E-state index contributed by atoms with van der Waals surface area (Å²) in [6.45, 7) is 31.2. The van der Waals surface area contributed by atoms with Crippen molar-refractivity contribution in [1.29, 1.82) is 0 Å². The second kappa shape index (κ2) is 18.9. The Bertz CT molecular complexity index is 1490. The molecule has 58 heavy (non-hydrogen) atoms. The number of aliphatic carboxylic acids is 1. The highest BCUT2D eigenvalue weighted by Crippen LogP contribution is 2.66. The van der Waals surface area contributed by atoms with Gasteiger partial charge in [0.1, 0.15) is 35.4 Å². The van der Waals surface area contributed by atoms with Gasteiger partial charge in [-0.3, -0.25) is 9.59 Å². The first kappa shape index (κ1) is 54.7. The SMILES string of the molecule is C.C.CC(C)(C)OC(=O)N[C@H](C(=O)O)C(C)(C)C.COC(=O)[C@@H]1C2C(CN1C(=O)[C@@H](NC(=O)OC(C)(C)C)C(C)(C)C)C2(C)C.COC(=O)[C@@H]1C2C(CN1Cl)C2(C)C.